The molecule has 0 aromatic heterocycles. The van der Waals surface area contributed by atoms with Gasteiger partial charge in [-0.15, -0.1) is 0 Å². The molecule has 0 saturated carbocycles. The molecule has 6 heteroatoms. The molecule has 0 aliphatic carbocycles. The van der Waals surface area contributed by atoms with E-state index in [0.717, 1.165) is 26.7 Å². The molecular formula is C19H14ClN3O2. The molecule has 2 aliphatic heterocycles. The second-order valence-corrected chi connectivity index (χ2v) is 6.38. The summed E-state index contributed by atoms with van der Waals surface area (Å²) in [6, 6.07) is 15.0. The molecule has 25 heavy (non-hydrogen) atoms. The van der Waals surface area contributed by atoms with Gasteiger partial charge in [-0.3, -0.25) is 13.9 Å². The highest BCUT2D eigenvalue weighted by atomic mass is 35.5. The Morgan fingerprint density at radius 1 is 1.04 bits per heavy atom. The van der Waals surface area contributed by atoms with E-state index in [-0.39, 0.29) is 5.56 Å². The Labute approximate surface area is 148 Å². The van der Waals surface area contributed by atoms with Gasteiger partial charge in [-0.2, -0.15) is 4.98 Å². The number of rotatable bonds is 1. The summed E-state index contributed by atoms with van der Waals surface area (Å²) in [5.74, 6) is 0.326. The monoisotopic (exact) mass is 351 g/mol. The van der Waals surface area contributed by atoms with Gasteiger partial charge >= 0.3 is 5.69 Å². The largest absolute Gasteiger partial charge is 0.352 e. The minimum absolute atomic E-state index is 0.326. The molecule has 0 bridgehead atoms. The highest BCUT2D eigenvalue weighted by Crippen LogP contribution is 2.29. The van der Waals surface area contributed by atoms with Crippen LogP contribution in [0.15, 0.2) is 58.1 Å². The van der Waals surface area contributed by atoms with Crippen molar-refractivity contribution < 1.29 is 0 Å². The molecular weight excluding hydrogens is 338 g/mol. The summed E-state index contributed by atoms with van der Waals surface area (Å²) in [7, 11) is 1.43. The van der Waals surface area contributed by atoms with E-state index in [9.17, 15) is 9.59 Å². The van der Waals surface area contributed by atoms with E-state index in [4.69, 9.17) is 11.6 Å². The van der Waals surface area contributed by atoms with Crippen molar-refractivity contribution >= 4 is 22.5 Å². The SMILES string of the molecule is Cc1ccc(-n2c3nc(=O)n(C)c(=O)c-3cc3ccccc32)cc1Cl. The Kier molecular flexibility index (Phi) is 3.47. The summed E-state index contributed by atoms with van der Waals surface area (Å²) in [6.45, 7) is 1.92. The molecule has 0 spiro atoms. The first-order valence-corrected chi connectivity index (χ1v) is 8.13. The molecule has 2 heterocycles. The maximum Gasteiger partial charge on any atom is 0.352 e. The van der Waals surface area contributed by atoms with Crippen molar-refractivity contribution in [2.45, 2.75) is 6.92 Å². The normalized spacial score (nSPS) is 11.3. The van der Waals surface area contributed by atoms with Crippen molar-refractivity contribution in [3.63, 3.8) is 0 Å². The lowest BCUT2D eigenvalue weighted by atomic mass is 10.1. The van der Waals surface area contributed by atoms with Crippen LogP contribution in [0.25, 0.3) is 28.0 Å². The third-order valence-electron chi connectivity index (χ3n) is 4.37. The smallest absolute Gasteiger partial charge is 0.294 e. The summed E-state index contributed by atoms with van der Waals surface area (Å²) in [5.41, 5.74) is 1.97. The molecule has 0 saturated heterocycles. The lowest BCUT2D eigenvalue weighted by Gasteiger charge is -2.18. The standard InChI is InChI=1S/C19H14ClN3O2/c1-11-7-8-13(10-15(11)20)23-16-6-4-3-5-12(16)9-14-17(23)21-19(25)22(2)18(14)24/h3-10H,1-2H3. The molecule has 0 atom stereocenters. The van der Waals surface area contributed by atoms with Gasteiger partial charge in [0.2, 0.25) is 0 Å². The molecule has 0 unspecified atom stereocenters. The van der Waals surface area contributed by atoms with Crippen molar-refractivity contribution in [1.82, 2.24) is 14.1 Å². The first kappa shape index (κ1) is 15.6. The van der Waals surface area contributed by atoms with Gasteiger partial charge < -0.3 is 0 Å². The zero-order valence-corrected chi connectivity index (χ0v) is 14.4. The number of para-hydroxylation sites is 1. The summed E-state index contributed by atoms with van der Waals surface area (Å²) in [6.07, 6.45) is 0. The average molecular weight is 352 g/mol. The second-order valence-electron chi connectivity index (χ2n) is 5.97. The molecule has 0 N–H and O–H groups in total. The van der Waals surface area contributed by atoms with E-state index in [1.54, 1.807) is 10.6 Å². The molecule has 124 valence electrons. The molecule has 2 aromatic rings. The molecule has 5 nitrogen and oxygen atoms in total. The minimum atomic E-state index is -0.584. The van der Waals surface area contributed by atoms with Crippen LogP contribution >= 0.6 is 11.6 Å². The average Bonchev–Trinajstić information content (AvgIpc) is 2.61. The van der Waals surface area contributed by atoms with Crippen molar-refractivity contribution in [1.29, 1.82) is 0 Å². The number of aryl methyl sites for hydroxylation is 1. The van der Waals surface area contributed by atoms with Crippen LogP contribution in [0.1, 0.15) is 5.56 Å². The van der Waals surface area contributed by atoms with Crippen LogP contribution in [0.5, 0.6) is 0 Å². The van der Waals surface area contributed by atoms with Gasteiger partial charge in [0.25, 0.3) is 5.56 Å². The topological polar surface area (TPSA) is 56.9 Å². The van der Waals surface area contributed by atoms with Crippen LogP contribution in [-0.4, -0.2) is 14.1 Å². The highest BCUT2D eigenvalue weighted by molar-refractivity contribution is 6.31. The van der Waals surface area contributed by atoms with Gasteiger partial charge in [-0.05, 0) is 42.1 Å². The maximum absolute atomic E-state index is 12.6. The number of nitrogens with zero attached hydrogens (tertiary/aromatic N) is 3. The number of benzene rings is 2. The summed E-state index contributed by atoms with van der Waals surface area (Å²) in [5, 5.41) is 1.49. The summed E-state index contributed by atoms with van der Waals surface area (Å²) < 4.78 is 2.82. The summed E-state index contributed by atoms with van der Waals surface area (Å²) >= 11 is 6.29. The van der Waals surface area contributed by atoms with Crippen LogP contribution in [0, 0.1) is 6.92 Å². The van der Waals surface area contributed by atoms with Crippen LogP contribution < -0.4 is 11.2 Å². The first-order chi connectivity index (χ1) is 12.0. The van der Waals surface area contributed by atoms with Gasteiger partial charge in [-0.1, -0.05) is 35.9 Å². The number of hydrogen-bond donors (Lipinski definition) is 0. The van der Waals surface area contributed by atoms with Gasteiger partial charge in [0, 0.05) is 17.8 Å². The Bertz CT molecular complexity index is 1220. The van der Waals surface area contributed by atoms with Gasteiger partial charge in [-0.25, -0.2) is 4.79 Å². The van der Waals surface area contributed by atoms with Crippen molar-refractivity contribution in [3.05, 3.63) is 80.0 Å². The van der Waals surface area contributed by atoms with Crippen LogP contribution in [0.4, 0.5) is 0 Å². The quantitative estimate of drug-likeness (QED) is 0.495. The van der Waals surface area contributed by atoms with Crippen molar-refractivity contribution in [3.8, 4) is 17.1 Å². The molecule has 4 rings (SSSR count). The Morgan fingerprint density at radius 3 is 2.56 bits per heavy atom. The van der Waals surface area contributed by atoms with E-state index in [0.29, 0.717) is 16.4 Å². The zero-order valence-electron chi connectivity index (χ0n) is 13.7. The number of fused-ring (bicyclic) bond motifs is 2. The van der Waals surface area contributed by atoms with Crippen LogP contribution in [-0.2, 0) is 7.05 Å². The van der Waals surface area contributed by atoms with Crippen LogP contribution in [0.2, 0.25) is 5.02 Å². The fourth-order valence-electron chi connectivity index (χ4n) is 2.95. The van der Waals surface area contributed by atoms with E-state index >= 15 is 0 Å². The third kappa shape index (κ3) is 2.36. The lowest BCUT2D eigenvalue weighted by Crippen LogP contribution is -2.35. The molecule has 0 fully saturated rings. The lowest BCUT2D eigenvalue weighted by molar-refractivity contribution is 0.766. The van der Waals surface area contributed by atoms with Crippen molar-refractivity contribution in [2.75, 3.05) is 0 Å². The van der Waals surface area contributed by atoms with Crippen molar-refractivity contribution in [2.24, 2.45) is 7.05 Å². The van der Waals surface area contributed by atoms with Gasteiger partial charge in [0.05, 0.1) is 11.1 Å². The maximum atomic E-state index is 12.6. The molecule has 2 aromatic carbocycles. The van der Waals surface area contributed by atoms with Gasteiger partial charge in [0.1, 0.15) is 0 Å². The predicted octanol–water partition coefficient (Wildman–Crippen LogP) is 3.15. The predicted molar refractivity (Wildman–Crippen MR) is 99.0 cm³/mol. The number of halogens is 1. The zero-order chi connectivity index (χ0) is 17.7. The number of hydrogen-bond acceptors (Lipinski definition) is 3. The minimum Gasteiger partial charge on any atom is -0.294 e. The third-order valence-corrected chi connectivity index (χ3v) is 4.77. The molecule has 0 amide bonds. The van der Waals surface area contributed by atoms with Gasteiger partial charge in [0.15, 0.2) is 5.82 Å². The van der Waals surface area contributed by atoms with E-state index in [1.807, 2.05) is 49.4 Å². The highest BCUT2D eigenvalue weighted by Gasteiger charge is 2.19. The van der Waals surface area contributed by atoms with E-state index in [1.165, 1.54) is 7.05 Å². The Balaban J connectivity index is 2.25. The fraction of sp³-hybridized carbons (Fsp3) is 0.105. The first-order valence-electron chi connectivity index (χ1n) is 7.75. The second kappa shape index (κ2) is 5.57. The number of aromatic nitrogens is 3. The fourth-order valence-corrected chi connectivity index (χ4v) is 3.13. The van der Waals surface area contributed by atoms with E-state index in [2.05, 4.69) is 4.98 Å². The van der Waals surface area contributed by atoms with E-state index < -0.39 is 5.69 Å². The molecule has 0 radical (unpaired) electrons. The summed E-state index contributed by atoms with van der Waals surface area (Å²) in [4.78, 5) is 28.8. The molecule has 2 aliphatic rings. The Morgan fingerprint density at radius 2 is 1.80 bits per heavy atom. The number of pyridine rings is 1. The van der Waals surface area contributed by atoms with Crippen LogP contribution in [0.3, 0.4) is 0 Å². The Hall–Kier alpha value is -2.92.